The van der Waals surface area contributed by atoms with E-state index in [-0.39, 0.29) is 11.7 Å². The SMILES string of the molecule is Cc1noc(N)c1-c1ccccc1F. The number of hydrogen-bond donors (Lipinski definition) is 1. The second-order valence-electron chi connectivity index (χ2n) is 2.99. The minimum atomic E-state index is -0.328. The molecule has 0 aliphatic rings. The highest BCUT2D eigenvalue weighted by molar-refractivity contribution is 5.75. The molecule has 0 amide bonds. The molecule has 0 saturated carbocycles. The first-order valence-corrected chi connectivity index (χ1v) is 4.17. The molecule has 72 valence electrons. The largest absolute Gasteiger partial charge is 0.367 e. The van der Waals surface area contributed by atoms with Crippen molar-refractivity contribution in [1.29, 1.82) is 0 Å². The number of hydrogen-bond acceptors (Lipinski definition) is 3. The Labute approximate surface area is 80.3 Å². The molecule has 1 aromatic heterocycles. The van der Waals surface area contributed by atoms with Crippen LogP contribution in [0.5, 0.6) is 0 Å². The minimum absolute atomic E-state index is 0.146. The molecule has 0 spiro atoms. The molecule has 14 heavy (non-hydrogen) atoms. The topological polar surface area (TPSA) is 52.0 Å². The number of anilines is 1. The van der Waals surface area contributed by atoms with E-state index in [0.29, 0.717) is 16.8 Å². The van der Waals surface area contributed by atoms with E-state index in [1.807, 2.05) is 0 Å². The Morgan fingerprint density at radius 1 is 1.36 bits per heavy atom. The predicted molar refractivity (Wildman–Crippen MR) is 51.0 cm³/mol. The molecule has 2 rings (SSSR count). The first-order chi connectivity index (χ1) is 6.70. The molecule has 4 heteroatoms. The minimum Gasteiger partial charge on any atom is -0.367 e. The summed E-state index contributed by atoms with van der Waals surface area (Å²) >= 11 is 0. The van der Waals surface area contributed by atoms with E-state index in [9.17, 15) is 4.39 Å². The molecule has 1 heterocycles. The van der Waals surface area contributed by atoms with Gasteiger partial charge in [-0.25, -0.2) is 4.39 Å². The van der Waals surface area contributed by atoms with Crippen LogP contribution >= 0.6 is 0 Å². The smallest absolute Gasteiger partial charge is 0.230 e. The van der Waals surface area contributed by atoms with Crippen molar-refractivity contribution in [1.82, 2.24) is 5.16 Å². The zero-order valence-electron chi connectivity index (χ0n) is 7.62. The fourth-order valence-electron chi connectivity index (χ4n) is 1.38. The van der Waals surface area contributed by atoms with Crippen LogP contribution in [0.4, 0.5) is 10.3 Å². The van der Waals surface area contributed by atoms with Crippen molar-refractivity contribution in [2.75, 3.05) is 5.73 Å². The average Bonchev–Trinajstić information content (AvgIpc) is 2.48. The lowest BCUT2D eigenvalue weighted by molar-refractivity contribution is 0.431. The van der Waals surface area contributed by atoms with E-state index in [2.05, 4.69) is 5.16 Å². The summed E-state index contributed by atoms with van der Waals surface area (Å²) in [5, 5.41) is 3.67. The number of benzene rings is 1. The second-order valence-corrected chi connectivity index (χ2v) is 2.99. The fourth-order valence-corrected chi connectivity index (χ4v) is 1.38. The molecule has 0 saturated heterocycles. The van der Waals surface area contributed by atoms with Crippen molar-refractivity contribution in [3.63, 3.8) is 0 Å². The van der Waals surface area contributed by atoms with Gasteiger partial charge in [0.1, 0.15) is 5.82 Å². The van der Waals surface area contributed by atoms with Gasteiger partial charge >= 0.3 is 0 Å². The number of nitrogens with two attached hydrogens (primary N) is 1. The Kier molecular flexibility index (Phi) is 1.96. The molecule has 2 N–H and O–H groups in total. The molecular weight excluding hydrogens is 183 g/mol. The summed E-state index contributed by atoms with van der Waals surface area (Å²) in [6.45, 7) is 1.72. The summed E-state index contributed by atoms with van der Waals surface area (Å²) in [6, 6.07) is 6.38. The van der Waals surface area contributed by atoms with Gasteiger partial charge < -0.3 is 10.3 Å². The molecule has 0 unspecified atom stereocenters. The Bertz CT molecular complexity index is 445. The Balaban J connectivity index is 2.66. The summed E-state index contributed by atoms with van der Waals surface area (Å²) in [5.74, 6) is -0.182. The third-order valence-electron chi connectivity index (χ3n) is 2.03. The van der Waals surface area contributed by atoms with Gasteiger partial charge in [0, 0.05) is 5.56 Å². The monoisotopic (exact) mass is 192 g/mol. The van der Waals surface area contributed by atoms with Crippen LogP contribution in [0.3, 0.4) is 0 Å². The average molecular weight is 192 g/mol. The zero-order chi connectivity index (χ0) is 10.1. The van der Waals surface area contributed by atoms with Crippen molar-refractivity contribution in [2.24, 2.45) is 0 Å². The fraction of sp³-hybridized carbons (Fsp3) is 0.100. The van der Waals surface area contributed by atoms with E-state index < -0.39 is 0 Å². The zero-order valence-corrected chi connectivity index (χ0v) is 7.62. The van der Waals surface area contributed by atoms with Crippen LogP contribution in [0, 0.1) is 12.7 Å². The molecule has 0 bridgehead atoms. The van der Waals surface area contributed by atoms with Gasteiger partial charge in [-0.2, -0.15) is 0 Å². The van der Waals surface area contributed by atoms with Crippen LogP contribution in [0.25, 0.3) is 11.1 Å². The number of nitrogen functional groups attached to an aromatic ring is 1. The van der Waals surface area contributed by atoms with Gasteiger partial charge in [0.15, 0.2) is 0 Å². The van der Waals surface area contributed by atoms with Gasteiger partial charge in [0.05, 0.1) is 11.3 Å². The van der Waals surface area contributed by atoms with E-state index in [1.54, 1.807) is 25.1 Å². The third kappa shape index (κ3) is 1.25. The summed E-state index contributed by atoms with van der Waals surface area (Å²) < 4.78 is 18.2. The van der Waals surface area contributed by atoms with Crippen LogP contribution in [0.15, 0.2) is 28.8 Å². The van der Waals surface area contributed by atoms with E-state index >= 15 is 0 Å². The first kappa shape index (κ1) is 8.74. The highest BCUT2D eigenvalue weighted by atomic mass is 19.1. The lowest BCUT2D eigenvalue weighted by Gasteiger charge is -2.00. The number of aryl methyl sites for hydroxylation is 1. The molecule has 0 atom stereocenters. The first-order valence-electron chi connectivity index (χ1n) is 4.17. The number of halogens is 1. The van der Waals surface area contributed by atoms with Crippen LogP contribution < -0.4 is 5.73 Å². The summed E-state index contributed by atoms with van der Waals surface area (Å²) in [4.78, 5) is 0. The number of aromatic nitrogens is 1. The molecule has 0 radical (unpaired) electrons. The van der Waals surface area contributed by atoms with Gasteiger partial charge in [-0.05, 0) is 13.0 Å². The summed E-state index contributed by atoms with van der Waals surface area (Å²) in [7, 11) is 0. The lowest BCUT2D eigenvalue weighted by Crippen LogP contribution is -1.89. The molecule has 0 fully saturated rings. The van der Waals surface area contributed by atoms with Crippen molar-refractivity contribution in [3.8, 4) is 11.1 Å². The molecule has 3 nitrogen and oxygen atoms in total. The summed E-state index contributed by atoms with van der Waals surface area (Å²) in [5.41, 5.74) is 7.09. The van der Waals surface area contributed by atoms with E-state index in [1.165, 1.54) is 6.07 Å². The van der Waals surface area contributed by atoms with Gasteiger partial charge in [-0.15, -0.1) is 0 Å². The Hall–Kier alpha value is -1.84. The maximum atomic E-state index is 13.4. The van der Waals surface area contributed by atoms with Crippen LogP contribution in [0.2, 0.25) is 0 Å². The van der Waals surface area contributed by atoms with Gasteiger partial charge in [0.25, 0.3) is 0 Å². The highest BCUT2D eigenvalue weighted by Crippen LogP contribution is 2.30. The molecule has 2 aromatic rings. The second kappa shape index (κ2) is 3.14. The molecule has 0 aliphatic heterocycles. The number of nitrogens with zero attached hydrogens (tertiary/aromatic N) is 1. The quantitative estimate of drug-likeness (QED) is 0.754. The van der Waals surface area contributed by atoms with Gasteiger partial charge in [0.2, 0.25) is 5.88 Å². The van der Waals surface area contributed by atoms with Gasteiger partial charge in [-0.1, -0.05) is 23.4 Å². The standard InChI is InChI=1S/C10H9FN2O/c1-6-9(10(12)14-13-6)7-4-2-3-5-8(7)11/h2-5H,12H2,1H3. The normalized spacial score (nSPS) is 10.4. The molecule has 1 aromatic carbocycles. The van der Waals surface area contributed by atoms with Crippen molar-refractivity contribution in [2.45, 2.75) is 6.92 Å². The van der Waals surface area contributed by atoms with Crippen LogP contribution in [-0.2, 0) is 0 Å². The van der Waals surface area contributed by atoms with Crippen molar-refractivity contribution >= 4 is 5.88 Å². The van der Waals surface area contributed by atoms with Gasteiger partial charge in [-0.3, -0.25) is 0 Å². The van der Waals surface area contributed by atoms with Crippen LogP contribution in [-0.4, -0.2) is 5.16 Å². The maximum absolute atomic E-state index is 13.4. The Morgan fingerprint density at radius 3 is 2.64 bits per heavy atom. The van der Waals surface area contributed by atoms with E-state index in [0.717, 1.165) is 0 Å². The highest BCUT2D eigenvalue weighted by Gasteiger charge is 2.14. The lowest BCUT2D eigenvalue weighted by atomic mass is 10.1. The van der Waals surface area contributed by atoms with Crippen molar-refractivity contribution < 1.29 is 8.91 Å². The predicted octanol–water partition coefficient (Wildman–Crippen LogP) is 2.37. The third-order valence-corrected chi connectivity index (χ3v) is 2.03. The maximum Gasteiger partial charge on any atom is 0.230 e. The molecular formula is C10H9FN2O. The van der Waals surface area contributed by atoms with E-state index in [4.69, 9.17) is 10.3 Å². The van der Waals surface area contributed by atoms with Crippen LogP contribution in [0.1, 0.15) is 5.69 Å². The molecule has 0 aliphatic carbocycles. The summed E-state index contributed by atoms with van der Waals surface area (Å²) in [6.07, 6.45) is 0. The van der Waals surface area contributed by atoms with Crippen molar-refractivity contribution in [3.05, 3.63) is 35.8 Å². The Morgan fingerprint density at radius 2 is 2.07 bits per heavy atom. The number of rotatable bonds is 1.